The molecule has 0 aromatic carbocycles. The average Bonchev–Trinajstić information content (AvgIpc) is 2.23. The summed E-state index contributed by atoms with van der Waals surface area (Å²) in [5.74, 6) is 0.0990. The van der Waals surface area contributed by atoms with Gasteiger partial charge in [0.05, 0.1) is 4.92 Å². The Hall–Kier alpha value is -1.92. The van der Waals surface area contributed by atoms with Gasteiger partial charge in [-0.25, -0.2) is 9.97 Å². The van der Waals surface area contributed by atoms with Crippen LogP contribution in [-0.4, -0.2) is 21.4 Å². The summed E-state index contributed by atoms with van der Waals surface area (Å²) in [6.07, 6.45) is 4.71. The van der Waals surface area contributed by atoms with Crippen molar-refractivity contribution in [2.24, 2.45) is 5.41 Å². The summed E-state index contributed by atoms with van der Waals surface area (Å²) in [7, 11) is 0. The van der Waals surface area contributed by atoms with Gasteiger partial charge in [-0.2, -0.15) is 0 Å². The summed E-state index contributed by atoms with van der Waals surface area (Å²) in [5, 5.41) is 13.9. The molecule has 7 nitrogen and oxygen atoms in total. The Kier molecular flexibility index (Phi) is 2.83. The number of nitrogens with one attached hydrogen (secondary N) is 1. The van der Waals surface area contributed by atoms with E-state index < -0.39 is 4.92 Å². The zero-order valence-corrected chi connectivity index (χ0v) is 9.64. The van der Waals surface area contributed by atoms with E-state index in [9.17, 15) is 10.1 Å². The SMILES string of the molecule is CC1(CNc2ncnc(N)c2[N+](=O)[O-])CCC1. The highest BCUT2D eigenvalue weighted by Crippen LogP contribution is 2.40. The van der Waals surface area contributed by atoms with E-state index in [1.54, 1.807) is 0 Å². The minimum absolute atomic E-state index is 0.105. The van der Waals surface area contributed by atoms with Gasteiger partial charge in [-0.1, -0.05) is 13.3 Å². The van der Waals surface area contributed by atoms with E-state index >= 15 is 0 Å². The van der Waals surface area contributed by atoms with Crippen molar-refractivity contribution >= 4 is 17.3 Å². The zero-order chi connectivity index (χ0) is 12.5. The third-order valence-electron chi connectivity index (χ3n) is 3.28. The van der Waals surface area contributed by atoms with E-state index in [0.29, 0.717) is 6.54 Å². The van der Waals surface area contributed by atoms with E-state index in [1.165, 1.54) is 12.7 Å². The van der Waals surface area contributed by atoms with Crippen molar-refractivity contribution in [3.8, 4) is 0 Å². The van der Waals surface area contributed by atoms with Crippen LogP contribution in [0.15, 0.2) is 6.33 Å². The summed E-state index contributed by atoms with van der Waals surface area (Å²) < 4.78 is 0. The lowest BCUT2D eigenvalue weighted by atomic mass is 9.70. The summed E-state index contributed by atoms with van der Waals surface area (Å²) in [5.41, 5.74) is 5.45. The Morgan fingerprint density at radius 3 is 2.82 bits per heavy atom. The first-order chi connectivity index (χ1) is 8.02. The molecule has 1 heterocycles. The number of anilines is 2. The second-order valence-corrected chi connectivity index (χ2v) is 4.73. The Balaban J connectivity index is 2.15. The van der Waals surface area contributed by atoms with Crippen molar-refractivity contribution in [2.75, 3.05) is 17.6 Å². The molecule has 3 N–H and O–H groups in total. The number of nitro groups is 1. The average molecular weight is 237 g/mol. The van der Waals surface area contributed by atoms with Crippen LogP contribution in [0, 0.1) is 15.5 Å². The fourth-order valence-electron chi connectivity index (χ4n) is 1.96. The molecule has 1 fully saturated rings. The molecule has 0 amide bonds. The third kappa shape index (κ3) is 2.27. The fourth-order valence-corrected chi connectivity index (χ4v) is 1.96. The second-order valence-electron chi connectivity index (χ2n) is 4.73. The summed E-state index contributed by atoms with van der Waals surface area (Å²) in [4.78, 5) is 17.8. The van der Waals surface area contributed by atoms with Gasteiger partial charge in [0, 0.05) is 6.54 Å². The Labute approximate surface area is 98.6 Å². The van der Waals surface area contributed by atoms with Crippen molar-refractivity contribution in [1.29, 1.82) is 0 Å². The molecule has 0 atom stereocenters. The van der Waals surface area contributed by atoms with Crippen LogP contribution < -0.4 is 11.1 Å². The molecule has 1 aliphatic carbocycles. The molecule has 0 unspecified atom stereocenters. The van der Waals surface area contributed by atoms with Gasteiger partial charge in [-0.3, -0.25) is 10.1 Å². The lowest BCUT2D eigenvalue weighted by Crippen LogP contribution is -2.33. The molecule has 1 saturated carbocycles. The molecule has 1 aromatic heterocycles. The smallest absolute Gasteiger partial charge is 0.352 e. The molecule has 0 bridgehead atoms. The fraction of sp³-hybridized carbons (Fsp3) is 0.600. The standard InChI is InChI=1S/C10H15N5O2/c1-10(3-2-4-10)5-12-9-7(15(16)17)8(11)13-6-14-9/h6H,2-5H2,1H3,(H3,11,12,13,14). The highest BCUT2D eigenvalue weighted by atomic mass is 16.6. The molecule has 7 heteroatoms. The third-order valence-corrected chi connectivity index (χ3v) is 3.28. The van der Waals surface area contributed by atoms with Crippen molar-refractivity contribution in [1.82, 2.24) is 9.97 Å². The number of nitrogen functional groups attached to an aromatic ring is 1. The first-order valence-electron chi connectivity index (χ1n) is 5.51. The predicted molar refractivity (Wildman–Crippen MR) is 63.5 cm³/mol. The first-order valence-corrected chi connectivity index (χ1v) is 5.51. The van der Waals surface area contributed by atoms with Crippen LogP contribution >= 0.6 is 0 Å². The minimum atomic E-state index is -0.555. The number of hydrogen-bond donors (Lipinski definition) is 2. The molecular weight excluding hydrogens is 222 g/mol. The predicted octanol–water partition coefficient (Wildman–Crippen LogP) is 1.57. The number of aromatic nitrogens is 2. The zero-order valence-electron chi connectivity index (χ0n) is 9.64. The van der Waals surface area contributed by atoms with Crippen LogP contribution in [0.2, 0.25) is 0 Å². The molecule has 2 rings (SSSR count). The van der Waals surface area contributed by atoms with Crippen molar-refractivity contribution in [3.63, 3.8) is 0 Å². The largest absolute Gasteiger partial charge is 0.378 e. The summed E-state index contributed by atoms with van der Waals surface area (Å²) in [6, 6.07) is 0. The van der Waals surface area contributed by atoms with Crippen LogP contribution in [0.4, 0.5) is 17.3 Å². The molecular formula is C10H15N5O2. The lowest BCUT2D eigenvalue weighted by molar-refractivity contribution is -0.383. The van der Waals surface area contributed by atoms with Crippen LogP contribution in [0.25, 0.3) is 0 Å². The van der Waals surface area contributed by atoms with Crippen molar-refractivity contribution < 1.29 is 4.92 Å². The molecule has 92 valence electrons. The molecule has 17 heavy (non-hydrogen) atoms. The van der Waals surface area contributed by atoms with E-state index in [2.05, 4.69) is 22.2 Å². The molecule has 0 saturated heterocycles. The summed E-state index contributed by atoms with van der Waals surface area (Å²) in [6.45, 7) is 2.82. The number of hydrogen-bond acceptors (Lipinski definition) is 6. The van der Waals surface area contributed by atoms with E-state index in [1.807, 2.05) is 0 Å². The van der Waals surface area contributed by atoms with Crippen LogP contribution in [0.1, 0.15) is 26.2 Å². The van der Waals surface area contributed by atoms with Crippen molar-refractivity contribution in [3.05, 3.63) is 16.4 Å². The van der Waals surface area contributed by atoms with Gasteiger partial charge < -0.3 is 11.1 Å². The first kappa shape index (κ1) is 11.6. The van der Waals surface area contributed by atoms with E-state index in [0.717, 1.165) is 12.8 Å². The maximum Gasteiger partial charge on any atom is 0.352 e. The molecule has 0 radical (unpaired) electrons. The maximum atomic E-state index is 10.9. The van der Waals surface area contributed by atoms with E-state index in [4.69, 9.17) is 5.73 Å². The maximum absolute atomic E-state index is 10.9. The highest BCUT2D eigenvalue weighted by molar-refractivity contribution is 5.67. The second kappa shape index (κ2) is 4.15. The van der Waals surface area contributed by atoms with Gasteiger partial charge in [0.15, 0.2) is 0 Å². The van der Waals surface area contributed by atoms with Crippen molar-refractivity contribution in [2.45, 2.75) is 26.2 Å². The van der Waals surface area contributed by atoms with Crippen LogP contribution in [0.5, 0.6) is 0 Å². The van der Waals surface area contributed by atoms with Gasteiger partial charge in [0.25, 0.3) is 0 Å². The molecule has 1 aliphatic rings. The Morgan fingerprint density at radius 1 is 1.59 bits per heavy atom. The van der Waals surface area contributed by atoms with Gasteiger partial charge in [0.2, 0.25) is 11.6 Å². The minimum Gasteiger partial charge on any atom is -0.378 e. The summed E-state index contributed by atoms with van der Waals surface area (Å²) >= 11 is 0. The number of nitrogens with zero attached hydrogens (tertiary/aromatic N) is 3. The van der Waals surface area contributed by atoms with Gasteiger partial charge >= 0.3 is 5.69 Å². The quantitative estimate of drug-likeness (QED) is 0.608. The van der Waals surface area contributed by atoms with E-state index in [-0.39, 0.29) is 22.7 Å². The topological polar surface area (TPSA) is 107 Å². The van der Waals surface area contributed by atoms with Gasteiger partial charge in [0.1, 0.15) is 6.33 Å². The van der Waals surface area contributed by atoms with Gasteiger partial charge in [-0.05, 0) is 18.3 Å². The molecule has 0 spiro atoms. The van der Waals surface area contributed by atoms with Crippen LogP contribution in [-0.2, 0) is 0 Å². The number of rotatable bonds is 4. The molecule has 1 aromatic rings. The van der Waals surface area contributed by atoms with Gasteiger partial charge in [-0.15, -0.1) is 0 Å². The number of nitrogens with two attached hydrogens (primary N) is 1. The Bertz CT molecular complexity index is 444. The monoisotopic (exact) mass is 237 g/mol. The normalized spacial score (nSPS) is 17.2. The van der Waals surface area contributed by atoms with Crippen LogP contribution in [0.3, 0.4) is 0 Å². The highest BCUT2D eigenvalue weighted by Gasteiger charge is 2.32. The molecule has 0 aliphatic heterocycles. The Morgan fingerprint density at radius 2 is 2.29 bits per heavy atom. The lowest BCUT2D eigenvalue weighted by Gasteiger charge is -2.38.